The molecule has 0 aliphatic heterocycles. The van der Waals surface area contributed by atoms with Gasteiger partial charge in [-0.05, 0) is 18.2 Å². The van der Waals surface area contributed by atoms with E-state index in [1.54, 1.807) is 24.3 Å². The SMILES string of the molecule is COc1cc(NC(=O)c2ccc(Br)cc2F)cc(OC)c1. The lowest BCUT2D eigenvalue weighted by atomic mass is 10.2. The van der Waals surface area contributed by atoms with Crippen molar-refractivity contribution in [2.75, 3.05) is 19.5 Å². The Morgan fingerprint density at radius 2 is 1.71 bits per heavy atom. The van der Waals surface area contributed by atoms with Crippen molar-refractivity contribution in [2.24, 2.45) is 0 Å². The van der Waals surface area contributed by atoms with Gasteiger partial charge in [-0.3, -0.25) is 4.79 Å². The third-order valence-corrected chi connectivity index (χ3v) is 3.28. The Hall–Kier alpha value is -2.08. The Morgan fingerprint density at radius 1 is 1.10 bits per heavy atom. The summed E-state index contributed by atoms with van der Waals surface area (Å²) in [5.41, 5.74) is 0.415. The van der Waals surface area contributed by atoms with Crippen LogP contribution in [0.5, 0.6) is 11.5 Å². The lowest BCUT2D eigenvalue weighted by molar-refractivity contribution is 0.102. The molecule has 0 unspecified atom stereocenters. The van der Waals surface area contributed by atoms with E-state index in [9.17, 15) is 9.18 Å². The van der Waals surface area contributed by atoms with Crippen LogP contribution in [0.3, 0.4) is 0 Å². The molecule has 0 spiro atoms. The minimum Gasteiger partial charge on any atom is -0.497 e. The van der Waals surface area contributed by atoms with Gasteiger partial charge in [0, 0.05) is 28.4 Å². The molecule has 0 aromatic heterocycles. The van der Waals surface area contributed by atoms with Gasteiger partial charge in [0.2, 0.25) is 0 Å². The molecule has 21 heavy (non-hydrogen) atoms. The third-order valence-electron chi connectivity index (χ3n) is 2.79. The molecule has 2 aromatic carbocycles. The quantitative estimate of drug-likeness (QED) is 0.907. The number of methoxy groups -OCH3 is 2. The summed E-state index contributed by atoms with van der Waals surface area (Å²) in [6, 6.07) is 9.17. The van der Waals surface area contributed by atoms with Crippen LogP contribution < -0.4 is 14.8 Å². The largest absolute Gasteiger partial charge is 0.497 e. The Morgan fingerprint density at radius 3 is 2.24 bits per heavy atom. The van der Waals surface area contributed by atoms with Gasteiger partial charge in [0.15, 0.2) is 0 Å². The molecule has 6 heteroatoms. The van der Waals surface area contributed by atoms with E-state index in [2.05, 4.69) is 21.2 Å². The molecule has 0 radical (unpaired) electrons. The fraction of sp³-hybridized carbons (Fsp3) is 0.133. The highest BCUT2D eigenvalue weighted by Crippen LogP contribution is 2.26. The van der Waals surface area contributed by atoms with E-state index >= 15 is 0 Å². The molecule has 1 N–H and O–H groups in total. The molecule has 1 amide bonds. The summed E-state index contributed by atoms with van der Waals surface area (Å²) in [5.74, 6) is -0.0890. The molecule has 2 rings (SSSR count). The zero-order chi connectivity index (χ0) is 15.4. The van der Waals surface area contributed by atoms with Gasteiger partial charge in [-0.2, -0.15) is 0 Å². The summed E-state index contributed by atoms with van der Waals surface area (Å²) < 4.78 is 24.5. The van der Waals surface area contributed by atoms with Crippen LogP contribution in [0.2, 0.25) is 0 Å². The number of hydrogen-bond donors (Lipinski definition) is 1. The molecule has 0 aliphatic rings. The number of benzene rings is 2. The lowest BCUT2D eigenvalue weighted by Gasteiger charge is -2.10. The molecule has 110 valence electrons. The van der Waals surface area contributed by atoms with Crippen LogP contribution in [0.4, 0.5) is 10.1 Å². The second-order valence-corrected chi connectivity index (χ2v) is 5.10. The van der Waals surface area contributed by atoms with Gasteiger partial charge in [0.1, 0.15) is 17.3 Å². The number of rotatable bonds is 4. The van der Waals surface area contributed by atoms with Crippen LogP contribution in [0.15, 0.2) is 40.9 Å². The summed E-state index contributed by atoms with van der Waals surface area (Å²) in [7, 11) is 3.02. The molecule has 0 fully saturated rings. The topological polar surface area (TPSA) is 47.6 Å². The maximum absolute atomic E-state index is 13.8. The van der Waals surface area contributed by atoms with Gasteiger partial charge in [-0.1, -0.05) is 15.9 Å². The van der Waals surface area contributed by atoms with Crippen molar-refractivity contribution < 1.29 is 18.7 Å². The molecule has 0 saturated heterocycles. The molecule has 4 nitrogen and oxygen atoms in total. The molecule has 0 heterocycles. The van der Waals surface area contributed by atoms with Gasteiger partial charge in [0.05, 0.1) is 19.8 Å². The molecule has 0 saturated carbocycles. The fourth-order valence-corrected chi connectivity index (χ4v) is 2.08. The zero-order valence-corrected chi connectivity index (χ0v) is 13.0. The van der Waals surface area contributed by atoms with E-state index in [0.717, 1.165) is 0 Å². The molecule has 0 aliphatic carbocycles. The summed E-state index contributed by atoms with van der Waals surface area (Å²) in [5, 5.41) is 2.61. The minimum atomic E-state index is -0.600. The summed E-state index contributed by atoms with van der Waals surface area (Å²) >= 11 is 3.15. The Labute approximate surface area is 130 Å². The van der Waals surface area contributed by atoms with Gasteiger partial charge < -0.3 is 14.8 Å². The first kappa shape index (κ1) is 15.3. The highest BCUT2D eigenvalue weighted by molar-refractivity contribution is 9.10. The normalized spacial score (nSPS) is 10.1. The van der Waals surface area contributed by atoms with Gasteiger partial charge in [-0.15, -0.1) is 0 Å². The summed E-state index contributed by atoms with van der Waals surface area (Å²) in [6.45, 7) is 0. The fourth-order valence-electron chi connectivity index (χ4n) is 1.75. The number of ether oxygens (including phenoxy) is 2. The zero-order valence-electron chi connectivity index (χ0n) is 11.4. The van der Waals surface area contributed by atoms with Crippen LogP contribution in [-0.2, 0) is 0 Å². The van der Waals surface area contributed by atoms with Crippen LogP contribution in [0, 0.1) is 5.82 Å². The van der Waals surface area contributed by atoms with E-state index in [1.807, 2.05) is 0 Å². The van der Waals surface area contributed by atoms with Crippen LogP contribution in [-0.4, -0.2) is 20.1 Å². The van der Waals surface area contributed by atoms with Crippen molar-refractivity contribution in [3.05, 3.63) is 52.3 Å². The number of hydrogen-bond acceptors (Lipinski definition) is 3. The predicted molar refractivity (Wildman–Crippen MR) is 81.6 cm³/mol. The van der Waals surface area contributed by atoms with Crippen molar-refractivity contribution in [1.29, 1.82) is 0 Å². The van der Waals surface area contributed by atoms with Crippen LogP contribution >= 0.6 is 15.9 Å². The van der Waals surface area contributed by atoms with Crippen molar-refractivity contribution >= 4 is 27.5 Å². The van der Waals surface area contributed by atoms with Gasteiger partial charge in [-0.25, -0.2) is 4.39 Å². The highest BCUT2D eigenvalue weighted by Gasteiger charge is 2.13. The van der Waals surface area contributed by atoms with Gasteiger partial charge >= 0.3 is 0 Å². The van der Waals surface area contributed by atoms with Crippen molar-refractivity contribution in [2.45, 2.75) is 0 Å². The standard InChI is InChI=1S/C15H13BrFNO3/c1-20-11-6-10(7-12(8-11)21-2)18-15(19)13-4-3-9(16)5-14(13)17/h3-8H,1-2H3,(H,18,19). The first-order valence-electron chi connectivity index (χ1n) is 6.03. The van der Waals surface area contributed by atoms with Crippen molar-refractivity contribution in [1.82, 2.24) is 0 Å². The number of anilines is 1. The number of carbonyl (C=O) groups excluding carboxylic acids is 1. The molecule has 2 aromatic rings. The second-order valence-electron chi connectivity index (χ2n) is 4.18. The summed E-state index contributed by atoms with van der Waals surface area (Å²) in [4.78, 5) is 12.1. The summed E-state index contributed by atoms with van der Waals surface area (Å²) in [6.07, 6.45) is 0. The second kappa shape index (κ2) is 6.58. The molecular weight excluding hydrogens is 341 g/mol. The number of amides is 1. The monoisotopic (exact) mass is 353 g/mol. The van der Waals surface area contributed by atoms with Crippen molar-refractivity contribution in [3.63, 3.8) is 0 Å². The molecular formula is C15H13BrFNO3. The lowest BCUT2D eigenvalue weighted by Crippen LogP contribution is -2.13. The number of carbonyl (C=O) groups is 1. The highest BCUT2D eigenvalue weighted by atomic mass is 79.9. The maximum atomic E-state index is 13.8. The Kier molecular flexibility index (Phi) is 4.80. The smallest absolute Gasteiger partial charge is 0.258 e. The maximum Gasteiger partial charge on any atom is 0.258 e. The Balaban J connectivity index is 2.26. The molecule has 0 bridgehead atoms. The Bertz CT molecular complexity index is 654. The van der Waals surface area contributed by atoms with E-state index < -0.39 is 11.7 Å². The predicted octanol–water partition coefficient (Wildman–Crippen LogP) is 3.86. The van der Waals surface area contributed by atoms with Crippen LogP contribution in [0.1, 0.15) is 10.4 Å². The van der Waals surface area contributed by atoms with E-state index in [4.69, 9.17) is 9.47 Å². The third kappa shape index (κ3) is 3.72. The van der Waals surface area contributed by atoms with Crippen LogP contribution in [0.25, 0.3) is 0 Å². The average Bonchev–Trinajstić information content (AvgIpc) is 2.46. The first-order chi connectivity index (χ1) is 10.0. The minimum absolute atomic E-state index is 0.0417. The molecule has 0 atom stereocenters. The number of nitrogens with one attached hydrogen (secondary N) is 1. The number of halogens is 2. The average molecular weight is 354 g/mol. The van der Waals surface area contributed by atoms with E-state index in [1.165, 1.54) is 26.4 Å². The van der Waals surface area contributed by atoms with E-state index in [0.29, 0.717) is 21.7 Å². The van der Waals surface area contributed by atoms with Gasteiger partial charge in [0.25, 0.3) is 5.91 Å². The van der Waals surface area contributed by atoms with Crippen molar-refractivity contribution in [3.8, 4) is 11.5 Å². The van der Waals surface area contributed by atoms with E-state index in [-0.39, 0.29) is 5.56 Å². The first-order valence-corrected chi connectivity index (χ1v) is 6.82.